The summed E-state index contributed by atoms with van der Waals surface area (Å²) in [7, 11) is 0. The summed E-state index contributed by atoms with van der Waals surface area (Å²) in [5, 5.41) is 0. The van der Waals surface area contributed by atoms with Crippen LogP contribution in [-0.2, 0) is 11.2 Å². The molecular formula is C12H17BrN2O2. The topological polar surface area (TPSA) is 55.0 Å². The lowest BCUT2D eigenvalue weighted by Gasteiger charge is -2.12. The predicted octanol–water partition coefficient (Wildman–Crippen LogP) is 2.38. The molecule has 1 saturated heterocycles. The SMILES string of the molecule is CC(C)c1nc(CC2CCCO2)[nH]c(=O)c1Br. The second-order valence-corrected chi connectivity index (χ2v) is 5.50. The van der Waals surface area contributed by atoms with E-state index in [-0.39, 0.29) is 17.6 Å². The third kappa shape index (κ3) is 2.96. The first-order valence-corrected chi connectivity index (χ1v) is 6.77. The van der Waals surface area contributed by atoms with Gasteiger partial charge in [0.25, 0.3) is 5.56 Å². The third-order valence-corrected chi connectivity index (χ3v) is 3.70. The van der Waals surface area contributed by atoms with Crippen molar-refractivity contribution in [1.29, 1.82) is 0 Å². The lowest BCUT2D eigenvalue weighted by Crippen LogP contribution is -2.20. The summed E-state index contributed by atoms with van der Waals surface area (Å²) >= 11 is 3.29. The standard InChI is InChI=1S/C12H17BrN2O2/c1-7(2)11-10(13)12(16)15-9(14-11)6-8-4-3-5-17-8/h7-8H,3-6H2,1-2H3,(H,14,15,16). The molecule has 2 heterocycles. The number of rotatable bonds is 3. The van der Waals surface area contributed by atoms with Gasteiger partial charge >= 0.3 is 0 Å². The molecule has 1 unspecified atom stereocenters. The molecule has 5 heteroatoms. The first kappa shape index (κ1) is 12.8. The molecule has 1 atom stereocenters. The molecule has 0 bridgehead atoms. The Hall–Kier alpha value is -0.680. The molecule has 0 radical (unpaired) electrons. The number of halogens is 1. The maximum absolute atomic E-state index is 11.8. The highest BCUT2D eigenvalue weighted by Crippen LogP contribution is 2.20. The van der Waals surface area contributed by atoms with E-state index in [4.69, 9.17) is 4.74 Å². The molecule has 2 rings (SSSR count). The van der Waals surface area contributed by atoms with Crippen LogP contribution in [0.4, 0.5) is 0 Å². The molecule has 0 aromatic carbocycles. The molecule has 0 spiro atoms. The van der Waals surface area contributed by atoms with Gasteiger partial charge in [-0.25, -0.2) is 4.98 Å². The van der Waals surface area contributed by atoms with Crippen LogP contribution in [0.2, 0.25) is 0 Å². The molecule has 17 heavy (non-hydrogen) atoms. The maximum Gasteiger partial charge on any atom is 0.265 e. The lowest BCUT2D eigenvalue weighted by atomic mass is 10.1. The quantitative estimate of drug-likeness (QED) is 0.932. The predicted molar refractivity (Wildman–Crippen MR) is 69.3 cm³/mol. The number of ether oxygens (including phenoxy) is 1. The number of hydrogen-bond donors (Lipinski definition) is 1. The van der Waals surface area contributed by atoms with Gasteiger partial charge in [0.1, 0.15) is 10.3 Å². The summed E-state index contributed by atoms with van der Waals surface area (Å²) in [5.41, 5.74) is 0.721. The van der Waals surface area contributed by atoms with Crippen molar-refractivity contribution < 1.29 is 4.74 Å². The average Bonchev–Trinajstić information content (AvgIpc) is 2.75. The van der Waals surface area contributed by atoms with Gasteiger partial charge in [-0.15, -0.1) is 0 Å². The van der Waals surface area contributed by atoms with E-state index in [1.807, 2.05) is 13.8 Å². The number of nitrogens with one attached hydrogen (secondary N) is 1. The van der Waals surface area contributed by atoms with Crippen molar-refractivity contribution in [2.24, 2.45) is 0 Å². The van der Waals surface area contributed by atoms with Crippen molar-refractivity contribution in [3.05, 3.63) is 26.3 Å². The van der Waals surface area contributed by atoms with Crippen molar-refractivity contribution >= 4 is 15.9 Å². The van der Waals surface area contributed by atoms with E-state index in [1.165, 1.54) is 0 Å². The minimum Gasteiger partial charge on any atom is -0.378 e. The molecule has 1 aliphatic heterocycles. The second-order valence-electron chi connectivity index (χ2n) is 4.71. The molecule has 1 aromatic heterocycles. The highest BCUT2D eigenvalue weighted by atomic mass is 79.9. The Balaban J connectivity index is 2.25. The van der Waals surface area contributed by atoms with E-state index in [1.54, 1.807) is 0 Å². The van der Waals surface area contributed by atoms with Gasteiger partial charge in [0, 0.05) is 13.0 Å². The van der Waals surface area contributed by atoms with Gasteiger partial charge in [-0.3, -0.25) is 4.79 Å². The summed E-state index contributed by atoms with van der Waals surface area (Å²) in [6.07, 6.45) is 3.06. The molecule has 1 aliphatic rings. The molecule has 94 valence electrons. The molecule has 0 aliphatic carbocycles. The highest BCUT2D eigenvalue weighted by Gasteiger charge is 2.19. The van der Waals surface area contributed by atoms with Crippen LogP contribution in [0.25, 0.3) is 0 Å². The largest absolute Gasteiger partial charge is 0.378 e. The number of aromatic amines is 1. The molecule has 0 amide bonds. The van der Waals surface area contributed by atoms with Gasteiger partial charge in [0.05, 0.1) is 11.8 Å². The normalized spacial score (nSPS) is 20.1. The van der Waals surface area contributed by atoms with E-state index in [0.717, 1.165) is 31.0 Å². The number of aromatic nitrogens is 2. The Morgan fingerprint density at radius 1 is 1.59 bits per heavy atom. The van der Waals surface area contributed by atoms with Gasteiger partial charge in [0.2, 0.25) is 0 Å². The summed E-state index contributed by atoms with van der Waals surface area (Å²) in [6, 6.07) is 0. The number of H-pyrrole nitrogens is 1. The zero-order chi connectivity index (χ0) is 12.4. The van der Waals surface area contributed by atoms with Crippen molar-refractivity contribution in [3.8, 4) is 0 Å². The zero-order valence-corrected chi connectivity index (χ0v) is 11.7. The lowest BCUT2D eigenvalue weighted by molar-refractivity contribution is 0.109. The average molecular weight is 301 g/mol. The van der Waals surface area contributed by atoms with Gasteiger partial charge in [-0.2, -0.15) is 0 Å². The van der Waals surface area contributed by atoms with Crippen LogP contribution in [0.1, 0.15) is 44.1 Å². The highest BCUT2D eigenvalue weighted by molar-refractivity contribution is 9.10. The Morgan fingerprint density at radius 2 is 2.35 bits per heavy atom. The second kappa shape index (κ2) is 5.31. The van der Waals surface area contributed by atoms with Gasteiger partial charge < -0.3 is 9.72 Å². The van der Waals surface area contributed by atoms with Crippen LogP contribution in [-0.4, -0.2) is 22.7 Å². The van der Waals surface area contributed by atoms with Gasteiger partial charge in [-0.05, 0) is 34.7 Å². The first-order valence-electron chi connectivity index (χ1n) is 5.98. The van der Waals surface area contributed by atoms with Crippen LogP contribution < -0.4 is 5.56 Å². The third-order valence-electron chi connectivity index (χ3n) is 2.93. The zero-order valence-electron chi connectivity index (χ0n) is 10.1. The molecule has 1 N–H and O–H groups in total. The van der Waals surface area contributed by atoms with Crippen molar-refractivity contribution in [3.63, 3.8) is 0 Å². The van der Waals surface area contributed by atoms with Crippen LogP contribution >= 0.6 is 15.9 Å². The van der Waals surface area contributed by atoms with Crippen LogP contribution in [0, 0.1) is 0 Å². The Kier molecular flexibility index (Phi) is 3.99. The summed E-state index contributed by atoms with van der Waals surface area (Å²) in [4.78, 5) is 19.1. The number of hydrogen-bond acceptors (Lipinski definition) is 3. The van der Waals surface area contributed by atoms with Gasteiger partial charge in [0.15, 0.2) is 0 Å². The van der Waals surface area contributed by atoms with E-state index >= 15 is 0 Å². The van der Waals surface area contributed by atoms with Crippen molar-refractivity contribution in [1.82, 2.24) is 9.97 Å². The minimum atomic E-state index is -0.100. The Bertz CT molecular complexity index is 450. The smallest absolute Gasteiger partial charge is 0.265 e. The van der Waals surface area contributed by atoms with Crippen molar-refractivity contribution in [2.75, 3.05) is 6.61 Å². The molecular weight excluding hydrogens is 284 g/mol. The van der Waals surface area contributed by atoms with Crippen LogP contribution in [0.3, 0.4) is 0 Å². The fourth-order valence-corrected chi connectivity index (χ4v) is 2.67. The fourth-order valence-electron chi connectivity index (χ4n) is 2.02. The molecule has 4 nitrogen and oxygen atoms in total. The summed E-state index contributed by atoms with van der Waals surface area (Å²) < 4.78 is 6.10. The molecule has 1 aromatic rings. The van der Waals surface area contributed by atoms with Crippen LogP contribution in [0.5, 0.6) is 0 Å². The fraction of sp³-hybridized carbons (Fsp3) is 0.667. The van der Waals surface area contributed by atoms with Gasteiger partial charge in [-0.1, -0.05) is 13.8 Å². The Labute approximate surface area is 109 Å². The monoisotopic (exact) mass is 300 g/mol. The first-order chi connectivity index (χ1) is 8.08. The van der Waals surface area contributed by atoms with Crippen LogP contribution in [0.15, 0.2) is 9.27 Å². The molecule has 0 saturated carbocycles. The Morgan fingerprint density at radius 3 is 2.94 bits per heavy atom. The number of nitrogens with zero attached hydrogens (tertiary/aromatic N) is 1. The van der Waals surface area contributed by atoms with E-state index < -0.39 is 0 Å². The summed E-state index contributed by atoms with van der Waals surface area (Å²) in [6.45, 7) is 4.88. The van der Waals surface area contributed by atoms with E-state index in [2.05, 4.69) is 25.9 Å². The minimum absolute atomic E-state index is 0.100. The molecule has 1 fully saturated rings. The van der Waals surface area contributed by atoms with E-state index in [0.29, 0.717) is 10.9 Å². The summed E-state index contributed by atoms with van der Waals surface area (Å²) in [5.74, 6) is 0.962. The maximum atomic E-state index is 11.8. The van der Waals surface area contributed by atoms with E-state index in [9.17, 15) is 4.79 Å². The van der Waals surface area contributed by atoms with Crippen molar-refractivity contribution in [2.45, 2.75) is 45.1 Å².